The molecule has 5 nitrogen and oxygen atoms in total. The molecular weight excluding hydrogens is 345 g/mol. The van der Waals surface area contributed by atoms with Gasteiger partial charge < -0.3 is 10.4 Å². The lowest BCUT2D eigenvalue weighted by molar-refractivity contribution is -0.137. The number of hydrogen-bond donors (Lipinski definition) is 2. The van der Waals surface area contributed by atoms with Crippen molar-refractivity contribution in [1.82, 2.24) is 14.6 Å². The molecule has 0 spiro atoms. The van der Waals surface area contributed by atoms with Gasteiger partial charge in [0.15, 0.2) is 5.65 Å². The van der Waals surface area contributed by atoms with Crippen LogP contribution in [0.15, 0.2) is 42.6 Å². The maximum absolute atomic E-state index is 13.0. The van der Waals surface area contributed by atoms with E-state index in [-0.39, 0.29) is 18.6 Å². The fourth-order valence-corrected chi connectivity index (χ4v) is 2.62. The summed E-state index contributed by atoms with van der Waals surface area (Å²) in [6.07, 6.45) is -2.92. The largest absolute Gasteiger partial charge is 0.416 e. The summed E-state index contributed by atoms with van der Waals surface area (Å²) in [5, 5.41) is 17.0. The van der Waals surface area contributed by atoms with Crippen molar-refractivity contribution in [2.24, 2.45) is 5.92 Å². The number of imidazole rings is 1. The number of fused-ring (bicyclic) bond motifs is 1. The Balaban J connectivity index is 2.01. The average Bonchev–Trinajstić information content (AvgIpc) is 3.02. The second kappa shape index (κ2) is 6.95. The Kier molecular flexibility index (Phi) is 4.86. The Labute approximate surface area is 148 Å². The monoisotopic (exact) mass is 364 g/mol. The van der Waals surface area contributed by atoms with Gasteiger partial charge in [-0.1, -0.05) is 26.0 Å². The highest BCUT2D eigenvalue weighted by Gasteiger charge is 2.30. The van der Waals surface area contributed by atoms with Gasteiger partial charge in [-0.2, -0.15) is 13.2 Å². The van der Waals surface area contributed by atoms with Crippen molar-refractivity contribution in [1.29, 1.82) is 0 Å². The lowest BCUT2D eigenvalue weighted by atomic mass is 10.1. The molecule has 0 saturated heterocycles. The molecule has 2 heterocycles. The molecule has 1 unspecified atom stereocenters. The predicted octanol–water partition coefficient (Wildman–Crippen LogP) is 3.84. The number of nitrogens with one attached hydrogen (secondary N) is 1. The quantitative estimate of drug-likeness (QED) is 0.722. The van der Waals surface area contributed by atoms with Crippen molar-refractivity contribution in [3.05, 3.63) is 48.2 Å². The minimum absolute atomic E-state index is 0.0538. The molecule has 138 valence electrons. The molecule has 0 saturated carbocycles. The molecule has 1 aromatic carbocycles. The van der Waals surface area contributed by atoms with Crippen molar-refractivity contribution in [2.75, 3.05) is 11.9 Å². The molecule has 26 heavy (non-hydrogen) atoms. The van der Waals surface area contributed by atoms with Crippen LogP contribution in [0.3, 0.4) is 0 Å². The second-order valence-electron chi connectivity index (χ2n) is 6.39. The van der Waals surface area contributed by atoms with Crippen molar-refractivity contribution in [3.63, 3.8) is 0 Å². The summed E-state index contributed by atoms with van der Waals surface area (Å²) in [6.45, 7) is 3.89. The number of nitrogens with zero attached hydrogens (tertiary/aromatic N) is 3. The van der Waals surface area contributed by atoms with E-state index < -0.39 is 11.7 Å². The van der Waals surface area contributed by atoms with Crippen LogP contribution in [0.5, 0.6) is 0 Å². The first-order valence-electron chi connectivity index (χ1n) is 8.19. The van der Waals surface area contributed by atoms with E-state index in [1.807, 2.05) is 13.8 Å². The fraction of sp³-hybridized carbons (Fsp3) is 0.333. The van der Waals surface area contributed by atoms with Gasteiger partial charge >= 0.3 is 6.18 Å². The van der Waals surface area contributed by atoms with Crippen LogP contribution >= 0.6 is 0 Å². The maximum atomic E-state index is 13.0. The van der Waals surface area contributed by atoms with Crippen LogP contribution in [0.1, 0.15) is 19.4 Å². The minimum atomic E-state index is -4.41. The topological polar surface area (TPSA) is 62.5 Å². The van der Waals surface area contributed by atoms with Crippen LogP contribution in [-0.4, -0.2) is 32.4 Å². The molecule has 0 bridgehead atoms. The zero-order valence-electron chi connectivity index (χ0n) is 14.3. The van der Waals surface area contributed by atoms with Crippen LogP contribution in [-0.2, 0) is 6.18 Å². The zero-order valence-corrected chi connectivity index (χ0v) is 14.3. The summed E-state index contributed by atoms with van der Waals surface area (Å²) in [4.78, 5) is 4.20. The van der Waals surface area contributed by atoms with Gasteiger partial charge in [0, 0.05) is 5.56 Å². The number of alkyl halides is 3. The molecule has 0 amide bonds. The summed E-state index contributed by atoms with van der Waals surface area (Å²) in [5.74, 6) is 0.694. The Morgan fingerprint density at radius 3 is 2.62 bits per heavy atom. The Bertz CT molecular complexity index is 905. The van der Waals surface area contributed by atoms with Crippen molar-refractivity contribution in [2.45, 2.75) is 26.1 Å². The maximum Gasteiger partial charge on any atom is 0.416 e. The van der Waals surface area contributed by atoms with E-state index in [1.165, 1.54) is 16.8 Å². The summed E-state index contributed by atoms with van der Waals surface area (Å²) in [6, 6.07) is 8.33. The van der Waals surface area contributed by atoms with Gasteiger partial charge in [0.25, 0.3) is 0 Å². The number of halogens is 3. The summed E-state index contributed by atoms with van der Waals surface area (Å²) >= 11 is 0. The third kappa shape index (κ3) is 3.65. The van der Waals surface area contributed by atoms with E-state index in [4.69, 9.17) is 0 Å². The molecule has 1 atom stereocenters. The normalized spacial score (nSPS) is 13.3. The van der Waals surface area contributed by atoms with E-state index in [1.54, 1.807) is 18.2 Å². The van der Waals surface area contributed by atoms with Crippen molar-refractivity contribution >= 4 is 11.5 Å². The number of benzene rings is 1. The molecule has 8 heteroatoms. The third-order valence-corrected chi connectivity index (χ3v) is 4.18. The molecule has 0 aliphatic heterocycles. The van der Waals surface area contributed by atoms with Gasteiger partial charge in [0.05, 0.1) is 30.1 Å². The van der Waals surface area contributed by atoms with E-state index >= 15 is 0 Å². The molecular formula is C18H19F3N4O. The van der Waals surface area contributed by atoms with E-state index in [0.29, 0.717) is 22.7 Å². The number of aromatic nitrogens is 3. The van der Waals surface area contributed by atoms with Gasteiger partial charge in [0.2, 0.25) is 0 Å². The van der Waals surface area contributed by atoms with Crippen LogP contribution < -0.4 is 5.32 Å². The minimum Gasteiger partial charge on any atom is -0.394 e. The standard InChI is InChI=1S/C18H19F3N4O/c1-11(2)14(10-26)23-16-6-7-17-22-9-15(25(17)24-16)12-4-3-5-13(8-12)18(19,20)21/h3-9,11,14,26H,10H2,1-2H3,(H,23,24). The highest BCUT2D eigenvalue weighted by atomic mass is 19.4. The number of hydrogen-bond acceptors (Lipinski definition) is 4. The predicted molar refractivity (Wildman–Crippen MR) is 92.8 cm³/mol. The lowest BCUT2D eigenvalue weighted by Crippen LogP contribution is -2.30. The third-order valence-electron chi connectivity index (χ3n) is 4.18. The molecule has 0 aliphatic rings. The molecule has 2 aromatic heterocycles. The molecule has 0 aliphatic carbocycles. The van der Waals surface area contributed by atoms with Gasteiger partial charge in [-0.05, 0) is 30.2 Å². The highest BCUT2D eigenvalue weighted by Crippen LogP contribution is 2.32. The van der Waals surface area contributed by atoms with E-state index in [0.717, 1.165) is 12.1 Å². The molecule has 2 N–H and O–H groups in total. The number of rotatable bonds is 5. The first-order chi connectivity index (χ1) is 12.3. The van der Waals surface area contributed by atoms with Crippen LogP contribution in [0.4, 0.5) is 19.0 Å². The van der Waals surface area contributed by atoms with Crippen LogP contribution in [0, 0.1) is 5.92 Å². The van der Waals surface area contributed by atoms with Crippen molar-refractivity contribution < 1.29 is 18.3 Å². The molecule has 3 rings (SSSR count). The van der Waals surface area contributed by atoms with E-state index in [9.17, 15) is 18.3 Å². The highest BCUT2D eigenvalue weighted by molar-refractivity contribution is 5.64. The Hall–Kier alpha value is -2.61. The van der Waals surface area contributed by atoms with Crippen LogP contribution in [0.2, 0.25) is 0 Å². The van der Waals surface area contributed by atoms with Gasteiger partial charge in [-0.25, -0.2) is 9.50 Å². The van der Waals surface area contributed by atoms with Gasteiger partial charge in [0.1, 0.15) is 5.82 Å². The Morgan fingerprint density at radius 1 is 1.19 bits per heavy atom. The fourth-order valence-electron chi connectivity index (χ4n) is 2.62. The van der Waals surface area contributed by atoms with Gasteiger partial charge in [-0.3, -0.25) is 0 Å². The number of aliphatic hydroxyl groups excluding tert-OH is 1. The molecule has 0 radical (unpaired) electrons. The molecule has 0 fully saturated rings. The Morgan fingerprint density at radius 2 is 1.96 bits per heavy atom. The van der Waals surface area contributed by atoms with Crippen molar-refractivity contribution in [3.8, 4) is 11.3 Å². The second-order valence-corrected chi connectivity index (χ2v) is 6.39. The number of anilines is 1. The lowest BCUT2D eigenvalue weighted by Gasteiger charge is -2.20. The SMILES string of the molecule is CC(C)C(CO)Nc1ccc2ncc(-c3cccc(C(F)(F)F)c3)n2n1. The summed E-state index contributed by atoms with van der Waals surface area (Å²) < 4.78 is 40.4. The number of aliphatic hydroxyl groups is 1. The van der Waals surface area contributed by atoms with Gasteiger partial charge in [-0.15, -0.1) is 5.10 Å². The summed E-state index contributed by atoms with van der Waals surface area (Å²) in [5.41, 5.74) is 0.631. The summed E-state index contributed by atoms with van der Waals surface area (Å²) in [7, 11) is 0. The van der Waals surface area contributed by atoms with E-state index in [2.05, 4.69) is 15.4 Å². The molecule has 3 aromatic rings. The first-order valence-corrected chi connectivity index (χ1v) is 8.19. The first kappa shape index (κ1) is 18.2. The zero-order chi connectivity index (χ0) is 18.9. The smallest absolute Gasteiger partial charge is 0.394 e. The van der Waals surface area contributed by atoms with Crippen LogP contribution in [0.25, 0.3) is 16.9 Å². The average molecular weight is 364 g/mol.